The minimum atomic E-state index is -0.335. The molecule has 1 fully saturated rings. The Morgan fingerprint density at radius 1 is 1.25 bits per heavy atom. The summed E-state index contributed by atoms with van der Waals surface area (Å²) in [4.78, 5) is 2.48. The van der Waals surface area contributed by atoms with E-state index in [1.54, 1.807) is 0 Å². The van der Waals surface area contributed by atoms with Crippen LogP contribution in [0.2, 0.25) is 0 Å². The van der Waals surface area contributed by atoms with Crippen LogP contribution in [0.15, 0.2) is 43.0 Å². The molecule has 1 aliphatic heterocycles. The molecule has 3 nitrogen and oxygen atoms in total. The van der Waals surface area contributed by atoms with Gasteiger partial charge >= 0.3 is 0 Å². The lowest BCUT2D eigenvalue weighted by Gasteiger charge is -2.30. The van der Waals surface area contributed by atoms with Crippen molar-refractivity contribution in [2.24, 2.45) is 0 Å². The van der Waals surface area contributed by atoms with Gasteiger partial charge in [0.05, 0.1) is 6.10 Å². The van der Waals surface area contributed by atoms with Gasteiger partial charge in [-0.25, -0.2) is 0 Å². The van der Waals surface area contributed by atoms with Gasteiger partial charge in [-0.3, -0.25) is 0 Å². The zero-order valence-electron chi connectivity index (χ0n) is 12.2. The first-order chi connectivity index (χ1) is 9.81. The molecule has 1 aromatic carbocycles. The van der Waals surface area contributed by atoms with Crippen LogP contribution in [-0.4, -0.2) is 48.8 Å². The fourth-order valence-corrected chi connectivity index (χ4v) is 2.87. The summed E-state index contributed by atoms with van der Waals surface area (Å²) in [6.07, 6.45) is 3.13. The van der Waals surface area contributed by atoms with Crippen molar-refractivity contribution in [3.05, 3.63) is 48.6 Å². The summed E-state index contributed by atoms with van der Waals surface area (Å²) in [5.74, 6) is 0.198. The highest BCUT2D eigenvalue weighted by Crippen LogP contribution is 2.26. The molecule has 1 aromatic rings. The Labute approximate surface area is 122 Å². The lowest BCUT2D eigenvalue weighted by atomic mass is 9.88. The molecule has 0 saturated carbocycles. The molecule has 0 amide bonds. The largest absolute Gasteiger partial charge is 0.392 e. The summed E-state index contributed by atoms with van der Waals surface area (Å²) in [5.41, 5.74) is 1.23. The number of hydrogen-bond donors (Lipinski definition) is 2. The molecule has 2 unspecified atom stereocenters. The predicted octanol–water partition coefficient (Wildman–Crippen LogP) is 2.00. The van der Waals surface area contributed by atoms with Gasteiger partial charge in [0.2, 0.25) is 0 Å². The average molecular weight is 274 g/mol. The molecular formula is C17H26N2O. The van der Waals surface area contributed by atoms with Gasteiger partial charge < -0.3 is 15.3 Å². The van der Waals surface area contributed by atoms with E-state index in [-0.39, 0.29) is 12.0 Å². The molecule has 2 atom stereocenters. The van der Waals surface area contributed by atoms with Crippen molar-refractivity contribution in [3.63, 3.8) is 0 Å². The molecule has 1 aliphatic rings. The van der Waals surface area contributed by atoms with Crippen LogP contribution < -0.4 is 5.32 Å². The quantitative estimate of drug-likeness (QED) is 0.747. The standard InChI is InChI=1S/C17H26N2O/c1-2-6-17(20)16(15-7-4-3-5-8-15)9-12-19-13-10-18-11-14-19/h2-5,7-8,16-18,20H,1,6,9-14H2. The summed E-state index contributed by atoms with van der Waals surface area (Å²) in [5, 5.41) is 13.8. The van der Waals surface area contributed by atoms with E-state index in [0.717, 1.165) is 39.1 Å². The summed E-state index contributed by atoms with van der Waals surface area (Å²) in [6, 6.07) is 10.4. The van der Waals surface area contributed by atoms with Crippen molar-refractivity contribution in [3.8, 4) is 0 Å². The molecule has 2 N–H and O–H groups in total. The molecule has 0 radical (unpaired) electrons. The molecule has 2 rings (SSSR count). The smallest absolute Gasteiger partial charge is 0.0643 e. The van der Waals surface area contributed by atoms with E-state index in [2.05, 4.69) is 28.9 Å². The van der Waals surface area contributed by atoms with E-state index in [4.69, 9.17) is 0 Å². The number of nitrogens with zero attached hydrogens (tertiary/aromatic N) is 1. The number of piperazine rings is 1. The second-order valence-electron chi connectivity index (χ2n) is 5.49. The first kappa shape index (κ1) is 15.2. The van der Waals surface area contributed by atoms with Gasteiger partial charge in [-0.05, 0) is 24.9 Å². The maximum Gasteiger partial charge on any atom is 0.0643 e. The van der Waals surface area contributed by atoms with Gasteiger partial charge in [-0.15, -0.1) is 6.58 Å². The van der Waals surface area contributed by atoms with Crippen molar-refractivity contribution in [1.29, 1.82) is 0 Å². The summed E-state index contributed by atoms with van der Waals surface area (Å²) in [7, 11) is 0. The third-order valence-corrected chi connectivity index (χ3v) is 4.07. The Bertz CT molecular complexity index is 387. The van der Waals surface area contributed by atoms with Crippen LogP contribution in [0.25, 0.3) is 0 Å². The van der Waals surface area contributed by atoms with E-state index < -0.39 is 0 Å². The highest BCUT2D eigenvalue weighted by atomic mass is 16.3. The third kappa shape index (κ3) is 4.44. The van der Waals surface area contributed by atoms with Crippen molar-refractivity contribution in [2.75, 3.05) is 32.7 Å². The highest BCUT2D eigenvalue weighted by Gasteiger charge is 2.21. The van der Waals surface area contributed by atoms with Crippen LogP contribution in [0.4, 0.5) is 0 Å². The minimum absolute atomic E-state index is 0.198. The monoisotopic (exact) mass is 274 g/mol. The zero-order chi connectivity index (χ0) is 14.2. The van der Waals surface area contributed by atoms with Crippen molar-refractivity contribution >= 4 is 0 Å². The first-order valence-corrected chi connectivity index (χ1v) is 7.58. The van der Waals surface area contributed by atoms with Crippen LogP contribution >= 0.6 is 0 Å². The lowest BCUT2D eigenvalue weighted by Crippen LogP contribution is -2.44. The van der Waals surface area contributed by atoms with Gasteiger partial charge in [0.15, 0.2) is 0 Å². The normalized spacial score (nSPS) is 19.4. The molecule has 1 heterocycles. The lowest BCUT2D eigenvalue weighted by molar-refractivity contribution is 0.130. The molecule has 1 saturated heterocycles. The Morgan fingerprint density at radius 3 is 2.60 bits per heavy atom. The van der Waals surface area contributed by atoms with E-state index in [9.17, 15) is 5.11 Å². The second kappa shape index (κ2) is 8.20. The van der Waals surface area contributed by atoms with Gasteiger partial charge in [-0.2, -0.15) is 0 Å². The van der Waals surface area contributed by atoms with Crippen LogP contribution in [-0.2, 0) is 0 Å². The molecule has 20 heavy (non-hydrogen) atoms. The van der Waals surface area contributed by atoms with Crippen molar-refractivity contribution in [1.82, 2.24) is 10.2 Å². The first-order valence-electron chi connectivity index (χ1n) is 7.58. The predicted molar refractivity (Wildman–Crippen MR) is 83.9 cm³/mol. The summed E-state index contributed by atoms with van der Waals surface area (Å²) in [6.45, 7) is 9.17. The van der Waals surface area contributed by atoms with Crippen LogP contribution in [0.5, 0.6) is 0 Å². The Kier molecular flexibility index (Phi) is 6.25. The van der Waals surface area contributed by atoms with E-state index in [0.29, 0.717) is 6.42 Å². The molecule has 0 aromatic heterocycles. The van der Waals surface area contributed by atoms with Crippen LogP contribution in [0, 0.1) is 0 Å². The second-order valence-corrected chi connectivity index (χ2v) is 5.49. The summed E-state index contributed by atoms with van der Waals surface area (Å²) >= 11 is 0. The average Bonchev–Trinajstić information content (AvgIpc) is 2.50. The van der Waals surface area contributed by atoms with Gasteiger partial charge in [0.25, 0.3) is 0 Å². The molecule has 0 aliphatic carbocycles. The topological polar surface area (TPSA) is 35.5 Å². The van der Waals surface area contributed by atoms with Gasteiger partial charge in [0, 0.05) is 32.1 Å². The minimum Gasteiger partial charge on any atom is -0.392 e. The Hall–Kier alpha value is -1.16. The van der Waals surface area contributed by atoms with Gasteiger partial charge in [0.1, 0.15) is 0 Å². The van der Waals surface area contributed by atoms with Crippen LogP contribution in [0.1, 0.15) is 24.3 Å². The maximum atomic E-state index is 10.4. The molecule has 3 heteroatoms. The number of hydrogen-bond acceptors (Lipinski definition) is 3. The van der Waals surface area contributed by atoms with E-state index in [1.165, 1.54) is 5.56 Å². The fourth-order valence-electron chi connectivity index (χ4n) is 2.87. The Morgan fingerprint density at radius 2 is 1.95 bits per heavy atom. The number of aliphatic hydroxyl groups is 1. The maximum absolute atomic E-state index is 10.4. The Balaban J connectivity index is 1.96. The fraction of sp³-hybridized carbons (Fsp3) is 0.529. The van der Waals surface area contributed by atoms with Crippen molar-refractivity contribution < 1.29 is 5.11 Å². The summed E-state index contributed by atoms with van der Waals surface area (Å²) < 4.78 is 0. The number of aliphatic hydroxyl groups excluding tert-OH is 1. The third-order valence-electron chi connectivity index (χ3n) is 4.07. The van der Waals surface area contributed by atoms with E-state index in [1.807, 2.05) is 24.3 Å². The molecular weight excluding hydrogens is 248 g/mol. The number of nitrogens with one attached hydrogen (secondary N) is 1. The number of rotatable bonds is 7. The molecule has 0 bridgehead atoms. The van der Waals surface area contributed by atoms with Crippen LogP contribution in [0.3, 0.4) is 0 Å². The SMILES string of the molecule is C=CCC(O)C(CCN1CCNCC1)c1ccccc1. The van der Waals surface area contributed by atoms with E-state index >= 15 is 0 Å². The molecule has 0 spiro atoms. The highest BCUT2D eigenvalue weighted by molar-refractivity contribution is 5.21. The zero-order valence-corrected chi connectivity index (χ0v) is 12.2. The number of benzene rings is 1. The van der Waals surface area contributed by atoms with Crippen molar-refractivity contribution in [2.45, 2.75) is 24.9 Å². The van der Waals surface area contributed by atoms with Gasteiger partial charge in [-0.1, -0.05) is 36.4 Å². The molecule has 110 valence electrons.